The van der Waals surface area contributed by atoms with Crippen LogP contribution in [0.25, 0.3) is 6.08 Å². The van der Waals surface area contributed by atoms with Gasteiger partial charge in [-0.15, -0.1) is 0 Å². The molecule has 24 heavy (non-hydrogen) atoms. The Morgan fingerprint density at radius 2 is 1.79 bits per heavy atom. The summed E-state index contributed by atoms with van der Waals surface area (Å²) in [5, 5.41) is 47.6. The van der Waals surface area contributed by atoms with E-state index >= 15 is 0 Å². The van der Waals surface area contributed by atoms with Gasteiger partial charge in [-0.3, -0.25) is 0 Å². The Kier molecular flexibility index (Phi) is 5.23. The van der Waals surface area contributed by atoms with Crippen LogP contribution in [-0.2, 0) is 14.3 Å². The number of carbonyl (C=O) groups excluding carboxylic acids is 1. The first kappa shape index (κ1) is 17.9. The molecule has 5 N–H and O–H groups in total. The van der Waals surface area contributed by atoms with Gasteiger partial charge >= 0.3 is 11.9 Å². The topological polar surface area (TPSA) is 145 Å². The highest BCUT2D eigenvalue weighted by molar-refractivity contribution is 5.87. The highest BCUT2D eigenvalue weighted by atomic mass is 16.6. The average molecular weight is 338 g/mol. The molecule has 0 aromatic heterocycles. The van der Waals surface area contributed by atoms with Crippen LogP contribution in [0.4, 0.5) is 0 Å². The Labute approximate surface area is 137 Å². The van der Waals surface area contributed by atoms with Crippen LogP contribution in [0.3, 0.4) is 0 Å². The zero-order valence-electron chi connectivity index (χ0n) is 12.6. The Bertz CT molecular complexity index is 638. The molecule has 8 nitrogen and oxygen atoms in total. The van der Waals surface area contributed by atoms with Crippen molar-refractivity contribution in [2.45, 2.75) is 36.8 Å². The second kappa shape index (κ2) is 7.00. The number of carboxylic acid groups (broad SMARTS) is 1. The number of aliphatic carboxylic acids is 1. The molecule has 0 bridgehead atoms. The average Bonchev–Trinajstić information content (AvgIpc) is 2.51. The molecule has 1 aliphatic carbocycles. The Morgan fingerprint density at radius 1 is 1.17 bits per heavy atom. The van der Waals surface area contributed by atoms with E-state index in [4.69, 9.17) is 14.9 Å². The van der Waals surface area contributed by atoms with Gasteiger partial charge in [-0.1, -0.05) is 12.1 Å². The van der Waals surface area contributed by atoms with E-state index in [-0.39, 0.29) is 5.75 Å². The summed E-state index contributed by atoms with van der Waals surface area (Å²) in [6, 6.07) is 5.97. The fraction of sp³-hybridized carbons (Fsp3) is 0.375. The van der Waals surface area contributed by atoms with Crippen LogP contribution in [0.2, 0.25) is 0 Å². The van der Waals surface area contributed by atoms with Crippen molar-refractivity contribution >= 4 is 18.0 Å². The van der Waals surface area contributed by atoms with Crippen LogP contribution < -0.4 is 0 Å². The molecule has 1 fully saturated rings. The predicted octanol–water partition coefficient (Wildman–Crippen LogP) is -0.352. The number of aliphatic hydroxyl groups is 3. The number of aliphatic hydroxyl groups excluding tert-OH is 2. The summed E-state index contributed by atoms with van der Waals surface area (Å²) in [5.74, 6) is -2.36. The number of ether oxygens (including phenoxy) is 1. The lowest BCUT2D eigenvalue weighted by molar-refractivity contribution is -0.196. The lowest BCUT2D eigenvalue weighted by atomic mass is 9.79. The molecule has 4 atom stereocenters. The Hall–Kier alpha value is -2.42. The van der Waals surface area contributed by atoms with Gasteiger partial charge in [-0.05, 0) is 23.8 Å². The standard InChI is InChI=1S/C16H18O8/c17-10-4-1-9(2-5-10)3-6-13(19)24-12-8-16(23,15(21)22)7-11(18)14(12)20/h1-6,11-12,14,17-18,20,23H,7-8H2,(H,21,22)/t11-,12-,14-,16+/m1/s1. The van der Waals surface area contributed by atoms with E-state index in [0.29, 0.717) is 5.56 Å². The summed E-state index contributed by atoms with van der Waals surface area (Å²) in [6.45, 7) is 0. The summed E-state index contributed by atoms with van der Waals surface area (Å²) in [4.78, 5) is 22.9. The minimum atomic E-state index is -2.27. The van der Waals surface area contributed by atoms with Crippen molar-refractivity contribution in [3.63, 3.8) is 0 Å². The molecule has 1 aliphatic rings. The summed E-state index contributed by atoms with van der Waals surface area (Å²) in [6.07, 6.45) is -3.00. The zero-order chi connectivity index (χ0) is 17.9. The first-order chi connectivity index (χ1) is 11.2. The fourth-order valence-electron chi connectivity index (χ4n) is 2.48. The number of hydrogen-bond donors (Lipinski definition) is 5. The van der Waals surface area contributed by atoms with Crippen LogP contribution in [0, 0.1) is 0 Å². The smallest absolute Gasteiger partial charge is 0.335 e. The molecule has 0 saturated heterocycles. The quantitative estimate of drug-likeness (QED) is 0.370. The molecule has 8 heteroatoms. The second-order valence-electron chi connectivity index (χ2n) is 5.70. The van der Waals surface area contributed by atoms with Gasteiger partial charge in [-0.2, -0.15) is 0 Å². The zero-order valence-corrected chi connectivity index (χ0v) is 12.6. The van der Waals surface area contributed by atoms with Crippen LogP contribution in [0.15, 0.2) is 30.3 Å². The Balaban J connectivity index is 2.03. The molecule has 0 heterocycles. The van der Waals surface area contributed by atoms with Crippen molar-refractivity contribution < 1.29 is 39.9 Å². The van der Waals surface area contributed by atoms with Crippen molar-refractivity contribution in [3.8, 4) is 5.75 Å². The van der Waals surface area contributed by atoms with Gasteiger partial charge < -0.3 is 30.3 Å². The van der Waals surface area contributed by atoms with Crippen molar-refractivity contribution in [2.75, 3.05) is 0 Å². The van der Waals surface area contributed by atoms with Gasteiger partial charge in [-0.25, -0.2) is 9.59 Å². The van der Waals surface area contributed by atoms with Crippen molar-refractivity contribution in [3.05, 3.63) is 35.9 Å². The van der Waals surface area contributed by atoms with E-state index in [0.717, 1.165) is 6.08 Å². The molecule has 130 valence electrons. The summed E-state index contributed by atoms with van der Waals surface area (Å²) < 4.78 is 4.96. The molecule has 1 saturated carbocycles. The maximum atomic E-state index is 11.8. The van der Waals surface area contributed by atoms with Crippen LogP contribution in [0.1, 0.15) is 18.4 Å². The summed E-state index contributed by atoms with van der Waals surface area (Å²) in [7, 11) is 0. The number of phenolic OH excluding ortho intramolecular Hbond substituents is 1. The molecule has 1 aromatic carbocycles. The van der Waals surface area contributed by atoms with Gasteiger partial charge in [0.05, 0.1) is 6.10 Å². The molecular formula is C16H18O8. The maximum absolute atomic E-state index is 11.8. The largest absolute Gasteiger partial charge is 0.508 e. The lowest BCUT2D eigenvalue weighted by Crippen LogP contribution is -2.57. The molecular weight excluding hydrogens is 320 g/mol. The number of aromatic hydroxyl groups is 1. The lowest BCUT2D eigenvalue weighted by Gasteiger charge is -2.39. The summed E-state index contributed by atoms with van der Waals surface area (Å²) >= 11 is 0. The minimum Gasteiger partial charge on any atom is -0.508 e. The van der Waals surface area contributed by atoms with Gasteiger partial charge in [0.2, 0.25) is 0 Å². The van der Waals surface area contributed by atoms with Crippen LogP contribution in [0.5, 0.6) is 5.75 Å². The van der Waals surface area contributed by atoms with Gasteiger partial charge in [0.15, 0.2) is 5.60 Å². The van der Waals surface area contributed by atoms with Gasteiger partial charge in [0.25, 0.3) is 0 Å². The highest BCUT2D eigenvalue weighted by Gasteiger charge is 2.50. The summed E-state index contributed by atoms with van der Waals surface area (Å²) in [5.41, 5.74) is -1.67. The van der Waals surface area contributed by atoms with E-state index in [2.05, 4.69) is 0 Å². The normalized spacial score (nSPS) is 30.2. The van der Waals surface area contributed by atoms with E-state index in [1.54, 1.807) is 12.1 Å². The number of hydrogen-bond acceptors (Lipinski definition) is 7. The Morgan fingerprint density at radius 3 is 2.38 bits per heavy atom. The highest BCUT2D eigenvalue weighted by Crippen LogP contribution is 2.31. The number of esters is 1. The number of carboxylic acids is 1. The number of phenols is 1. The molecule has 0 amide bonds. The third-order valence-corrected chi connectivity index (χ3v) is 3.83. The number of rotatable bonds is 4. The van der Waals surface area contributed by atoms with E-state index in [9.17, 15) is 24.9 Å². The molecule has 0 spiro atoms. The number of benzene rings is 1. The van der Waals surface area contributed by atoms with Crippen molar-refractivity contribution in [1.29, 1.82) is 0 Å². The second-order valence-corrected chi connectivity index (χ2v) is 5.70. The first-order valence-corrected chi connectivity index (χ1v) is 7.21. The maximum Gasteiger partial charge on any atom is 0.335 e. The predicted molar refractivity (Wildman–Crippen MR) is 80.9 cm³/mol. The van der Waals surface area contributed by atoms with E-state index in [1.165, 1.54) is 18.2 Å². The minimum absolute atomic E-state index is 0.0713. The number of carbonyl (C=O) groups is 2. The van der Waals surface area contributed by atoms with Crippen molar-refractivity contribution in [1.82, 2.24) is 0 Å². The van der Waals surface area contributed by atoms with E-state index in [1.807, 2.05) is 0 Å². The molecule has 0 aliphatic heterocycles. The molecule has 2 rings (SSSR count). The molecule has 0 unspecified atom stereocenters. The SMILES string of the molecule is O=C(C=Cc1ccc(O)cc1)O[C@@H]1C[C@](O)(C(=O)O)C[C@@H](O)[C@H]1O. The fourth-order valence-corrected chi connectivity index (χ4v) is 2.48. The van der Waals surface area contributed by atoms with Crippen LogP contribution >= 0.6 is 0 Å². The first-order valence-electron chi connectivity index (χ1n) is 7.21. The van der Waals surface area contributed by atoms with Crippen molar-refractivity contribution in [2.24, 2.45) is 0 Å². The molecule has 1 aromatic rings. The van der Waals surface area contributed by atoms with E-state index < -0.39 is 48.7 Å². The van der Waals surface area contributed by atoms with Gasteiger partial charge in [0.1, 0.15) is 18.0 Å². The third-order valence-electron chi connectivity index (χ3n) is 3.83. The molecule has 0 radical (unpaired) electrons. The van der Waals surface area contributed by atoms with Gasteiger partial charge in [0, 0.05) is 18.9 Å². The van der Waals surface area contributed by atoms with Crippen LogP contribution in [-0.4, -0.2) is 61.4 Å². The third kappa shape index (κ3) is 4.10. The monoisotopic (exact) mass is 338 g/mol.